The van der Waals surface area contributed by atoms with Gasteiger partial charge in [-0.1, -0.05) is 45.6 Å². The zero-order valence-corrected chi connectivity index (χ0v) is 19.4. The van der Waals surface area contributed by atoms with Crippen molar-refractivity contribution >= 4 is 0 Å². The van der Waals surface area contributed by atoms with Crippen LogP contribution in [0, 0.1) is 23.6 Å². The van der Waals surface area contributed by atoms with Gasteiger partial charge in [-0.15, -0.1) is 0 Å². The first-order chi connectivity index (χ1) is 14.7. The summed E-state index contributed by atoms with van der Waals surface area (Å²) in [5, 5.41) is 0. The first kappa shape index (κ1) is 22.3. The van der Waals surface area contributed by atoms with Crippen molar-refractivity contribution in [2.75, 3.05) is 6.61 Å². The number of benzene rings is 1. The van der Waals surface area contributed by atoms with Gasteiger partial charge in [0.15, 0.2) is 0 Å². The largest absolute Gasteiger partial charge is 0.378 e. The van der Waals surface area contributed by atoms with E-state index in [1.165, 1.54) is 81.8 Å². The first-order valence-electron chi connectivity index (χ1n) is 13.1. The fourth-order valence-corrected chi connectivity index (χ4v) is 6.59. The smallest absolute Gasteiger partial charge is 0.126 e. The highest BCUT2D eigenvalue weighted by atomic mass is 19.1. The zero-order chi connectivity index (χ0) is 20.9. The van der Waals surface area contributed by atoms with Crippen molar-refractivity contribution in [3.63, 3.8) is 0 Å². The minimum Gasteiger partial charge on any atom is -0.378 e. The van der Waals surface area contributed by atoms with Crippen molar-refractivity contribution < 1.29 is 9.13 Å². The zero-order valence-electron chi connectivity index (χ0n) is 19.4. The molecule has 0 N–H and O–H groups in total. The van der Waals surface area contributed by atoms with Gasteiger partial charge in [-0.3, -0.25) is 0 Å². The third kappa shape index (κ3) is 5.29. The van der Waals surface area contributed by atoms with Crippen molar-refractivity contribution in [3.8, 4) is 0 Å². The van der Waals surface area contributed by atoms with Crippen LogP contribution in [0.4, 0.5) is 4.39 Å². The van der Waals surface area contributed by atoms with Crippen molar-refractivity contribution in [2.24, 2.45) is 17.8 Å². The highest BCUT2D eigenvalue weighted by molar-refractivity contribution is 5.37. The Bertz CT molecular complexity index is 683. The van der Waals surface area contributed by atoms with E-state index in [1.807, 2.05) is 6.07 Å². The minimum absolute atomic E-state index is 0.0815. The Labute approximate surface area is 184 Å². The van der Waals surface area contributed by atoms with E-state index in [9.17, 15) is 0 Å². The van der Waals surface area contributed by atoms with Gasteiger partial charge in [0.1, 0.15) is 5.82 Å². The van der Waals surface area contributed by atoms with Crippen LogP contribution < -0.4 is 0 Å². The molecular weight excluding hydrogens is 371 g/mol. The SMILES string of the molecule is CCCCCCOC1CCC2CC(c3cc4c(cc3F)CC(CC)CC4)CCC2C1. The Morgan fingerprint density at radius 1 is 0.900 bits per heavy atom. The maximum atomic E-state index is 15.1. The molecule has 0 heterocycles. The van der Waals surface area contributed by atoms with Crippen LogP contribution in [-0.4, -0.2) is 12.7 Å². The molecule has 5 atom stereocenters. The number of unbranched alkanes of at least 4 members (excludes halogenated alkanes) is 3. The van der Waals surface area contributed by atoms with Crippen LogP contribution in [0.2, 0.25) is 0 Å². The first-order valence-corrected chi connectivity index (χ1v) is 13.1. The molecule has 1 nitrogen and oxygen atoms in total. The van der Waals surface area contributed by atoms with Gasteiger partial charge in [0.25, 0.3) is 0 Å². The number of ether oxygens (including phenoxy) is 1. The summed E-state index contributed by atoms with van der Waals surface area (Å²) in [6.07, 6.45) is 17.7. The lowest BCUT2D eigenvalue weighted by atomic mass is 9.65. The molecule has 0 aliphatic heterocycles. The molecule has 0 aromatic heterocycles. The van der Waals surface area contributed by atoms with Crippen molar-refractivity contribution in [3.05, 3.63) is 34.6 Å². The van der Waals surface area contributed by atoms with E-state index in [0.29, 0.717) is 12.0 Å². The van der Waals surface area contributed by atoms with Crippen LogP contribution in [0.5, 0.6) is 0 Å². The van der Waals surface area contributed by atoms with Crippen LogP contribution in [0.3, 0.4) is 0 Å². The average molecular weight is 415 g/mol. The molecule has 1 aromatic carbocycles. The number of aryl methyl sites for hydroxylation is 1. The van der Waals surface area contributed by atoms with Gasteiger partial charge < -0.3 is 4.74 Å². The highest BCUT2D eigenvalue weighted by Gasteiger charge is 2.37. The van der Waals surface area contributed by atoms with E-state index in [2.05, 4.69) is 19.9 Å². The fraction of sp³-hybridized carbons (Fsp3) is 0.786. The van der Waals surface area contributed by atoms with Crippen molar-refractivity contribution in [1.82, 2.24) is 0 Å². The summed E-state index contributed by atoms with van der Waals surface area (Å²) in [7, 11) is 0. The van der Waals surface area contributed by atoms with Crippen molar-refractivity contribution in [2.45, 2.75) is 116 Å². The predicted octanol–water partition coefficient (Wildman–Crippen LogP) is 7.99. The molecule has 0 spiro atoms. The molecule has 3 aliphatic rings. The molecule has 0 saturated heterocycles. The average Bonchev–Trinajstić information content (AvgIpc) is 2.77. The Hall–Kier alpha value is -0.890. The summed E-state index contributed by atoms with van der Waals surface area (Å²) in [5.74, 6) is 2.86. The van der Waals surface area contributed by atoms with Gasteiger partial charge in [0.2, 0.25) is 0 Å². The van der Waals surface area contributed by atoms with Gasteiger partial charge in [-0.25, -0.2) is 4.39 Å². The molecule has 5 unspecified atom stereocenters. The van der Waals surface area contributed by atoms with Gasteiger partial charge in [0.05, 0.1) is 6.10 Å². The van der Waals surface area contributed by atoms with E-state index in [0.717, 1.165) is 49.2 Å². The van der Waals surface area contributed by atoms with Crippen LogP contribution in [0.15, 0.2) is 12.1 Å². The molecule has 0 bridgehead atoms. The molecule has 168 valence electrons. The molecular formula is C28H43FO. The second-order valence-corrected chi connectivity index (χ2v) is 10.6. The Kier molecular flexibility index (Phi) is 7.90. The second-order valence-electron chi connectivity index (χ2n) is 10.6. The molecule has 1 aromatic rings. The van der Waals surface area contributed by atoms with Crippen LogP contribution in [-0.2, 0) is 17.6 Å². The summed E-state index contributed by atoms with van der Waals surface area (Å²) in [6, 6.07) is 4.18. The number of fused-ring (bicyclic) bond motifs is 2. The summed E-state index contributed by atoms with van der Waals surface area (Å²) in [4.78, 5) is 0. The van der Waals surface area contributed by atoms with Crippen molar-refractivity contribution in [1.29, 1.82) is 0 Å². The number of halogens is 1. The monoisotopic (exact) mass is 414 g/mol. The lowest BCUT2D eigenvalue weighted by molar-refractivity contribution is -0.0164. The van der Waals surface area contributed by atoms with E-state index >= 15 is 4.39 Å². The van der Waals surface area contributed by atoms with E-state index in [-0.39, 0.29) is 5.82 Å². The summed E-state index contributed by atoms with van der Waals surface area (Å²) >= 11 is 0. The molecule has 2 heteroatoms. The Morgan fingerprint density at radius 2 is 1.73 bits per heavy atom. The number of hydrogen-bond acceptors (Lipinski definition) is 1. The molecule has 30 heavy (non-hydrogen) atoms. The lowest BCUT2D eigenvalue weighted by Crippen LogP contribution is -2.34. The summed E-state index contributed by atoms with van der Waals surface area (Å²) in [5.41, 5.74) is 3.77. The Balaban J connectivity index is 1.31. The van der Waals surface area contributed by atoms with Crippen LogP contribution in [0.1, 0.15) is 114 Å². The van der Waals surface area contributed by atoms with Gasteiger partial charge in [0, 0.05) is 6.61 Å². The summed E-state index contributed by atoms with van der Waals surface area (Å²) < 4.78 is 21.3. The molecule has 4 rings (SSSR count). The highest BCUT2D eigenvalue weighted by Crippen LogP contribution is 2.47. The van der Waals surface area contributed by atoms with Gasteiger partial charge in [-0.05, 0) is 111 Å². The van der Waals surface area contributed by atoms with Gasteiger partial charge in [-0.2, -0.15) is 0 Å². The number of hydrogen-bond donors (Lipinski definition) is 0. The Morgan fingerprint density at radius 3 is 2.57 bits per heavy atom. The van der Waals surface area contributed by atoms with E-state index in [1.54, 1.807) is 0 Å². The van der Waals surface area contributed by atoms with E-state index in [4.69, 9.17) is 4.74 Å². The maximum absolute atomic E-state index is 15.1. The normalized spacial score (nSPS) is 31.2. The molecule has 3 aliphatic carbocycles. The van der Waals surface area contributed by atoms with Gasteiger partial charge >= 0.3 is 0 Å². The quantitative estimate of drug-likeness (QED) is 0.392. The topological polar surface area (TPSA) is 9.23 Å². The fourth-order valence-electron chi connectivity index (χ4n) is 6.59. The second kappa shape index (κ2) is 10.6. The summed E-state index contributed by atoms with van der Waals surface area (Å²) in [6.45, 7) is 5.48. The predicted molar refractivity (Wildman–Crippen MR) is 124 cm³/mol. The third-order valence-corrected chi connectivity index (χ3v) is 8.58. The molecule has 2 saturated carbocycles. The maximum Gasteiger partial charge on any atom is 0.126 e. The van der Waals surface area contributed by atoms with Crippen LogP contribution >= 0.6 is 0 Å². The third-order valence-electron chi connectivity index (χ3n) is 8.58. The minimum atomic E-state index is 0.0815. The molecule has 0 amide bonds. The standard InChI is InChI=1S/C28H43FO/c1-3-5-6-7-14-30-26-13-12-21-16-24(11-10-22(21)17-26)27-18-23-9-8-20(4-2)15-25(23)19-28(27)29/h18-22,24,26H,3-17H2,1-2H3. The lowest BCUT2D eigenvalue weighted by Gasteiger charge is -2.42. The van der Waals surface area contributed by atoms with E-state index < -0.39 is 0 Å². The van der Waals surface area contributed by atoms with Crippen LogP contribution in [0.25, 0.3) is 0 Å². The molecule has 2 fully saturated rings. The number of rotatable bonds is 8. The molecule has 0 radical (unpaired) electrons.